The molecule has 26 heavy (non-hydrogen) atoms. The second kappa shape index (κ2) is 10.1. The molecule has 0 aromatic carbocycles. The largest absolute Gasteiger partial charge is 0.460 e. The molecule has 0 unspecified atom stereocenters. The maximum Gasteiger partial charge on any atom is 0.307 e. The highest BCUT2D eigenvalue weighted by molar-refractivity contribution is 5.70. The van der Waals surface area contributed by atoms with E-state index in [9.17, 15) is 4.79 Å². The Morgan fingerprint density at radius 2 is 2.00 bits per heavy atom. The Labute approximate surface area is 158 Å². The first-order valence-corrected chi connectivity index (χ1v) is 10.4. The van der Waals surface area contributed by atoms with Gasteiger partial charge in [-0.1, -0.05) is 57.0 Å². The van der Waals surface area contributed by atoms with Crippen molar-refractivity contribution in [3.63, 3.8) is 0 Å². The molecule has 0 saturated heterocycles. The van der Waals surface area contributed by atoms with E-state index < -0.39 is 5.60 Å². The average Bonchev–Trinajstić information content (AvgIpc) is 3.02. The van der Waals surface area contributed by atoms with Gasteiger partial charge in [0, 0.05) is 12.3 Å². The zero-order valence-corrected chi connectivity index (χ0v) is 17.1. The van der Waals surface area contributed by atoms with Gasteiger partial charge in [-0.15, -0.1) is 0 Å². The van der Waals surface area contributed by atoms with E-state index >= 15 is 0 Å². The normalized spacial score (nSPS) is 17.2. The highest BCUT2D eigenvalue weighted by atomic mass is 16.6. The van der Waals surface area contributed by atoms with E-state index in [1.54, 1.807) is 0 Å². The van der Waals surface area contributed by atoms with Crippen LogP contribution in [0.25, 0.3) is 0 Å². The van der Waals surface area contributed by atoms with Crippen LogP contribution in [0.4, 0.5) is 0 Å². The summed E-state index contributed by atoms with van der Waals surface area (Å²) in [5.74, 6) is 1.97. The summed E-state index contributed by atoms with van der Waals surface area (Å²) >= 11 is 0. The quantitative estimate of drug-likeness (QED) is 0.534. The van der Waals surface area contributed by atoms with E-state index in [2.05, 4.69) is 17.1 Å². The molecule has 1 atom stereocenters. The lowest BCUT2D eigenvalue weighted by molar-refractivity contribution is -0.155. The van der Waals surface area contributed by atoms with E-state index in [0.29, 0.717) is 12.3 Å². The lowest BCUT2D eigenvalue weighted by Gasteiger charge is -2.23. The first-order chi connectivity index (χ1) is 12.4. The molecule has 5 nitrogen and oxygen atoms in total. The maximum atomic E-state index is 12.3. The molecule has 0 N–H and O–H groups in total. The van der Waals surface area contributed by atoms with Gasteiger partial charge in [0.15, 0.2) is 5.82 Å². The minimum Gasteiger partial charge on any atom is -0.460 e. The number of aryl methyl sites for hydroxylation is 1. The molecule has 148 valence electrons. The molecule has 1 saturated carbocycles. The van der Waals surface area contributed by atoms with Crippen molar-refractivity contribution in [2.75, 3.05) is 0 Å². The molecule has 1 aliphatic rings. The number of rotatable bonds is 9. The van der Waals surface area contributed by atoms with Crippen molar-refractivity contribution in [3.8, 4) is 0 Å². The van der Waals surface area contributed by atoms with Crippen molar-refractivity contribution in [1.29, 1.82) is 0 Å². The number of hydrogen-bond donors (Lipinski definition) is 0. The van der Waals surface area contributed by atoms with Crippen molar-refractivity contribution in [3.05, 3.63) is 11.7 Å². The molecule has 0 amide bonds. The summed E-state index contributed by atoms with van der Waals surface area (Å²) in [7, 11) is 0. The van der Waals surface area contributed by atoms with Gasteiger partial charge in [-0.05, 0) is 39.5 Å². The Balaban J connectivity index is 1.94. The van der Waals surface area contributed by atoms with Gasteiger partial charge >= 0.3 is 5.97 Å². The third-order valence-corrected chi connectivity index (χ3v) is 5.03. The summed E-state index contributed by atoms with van der Waals surface area (Å²) in [6, 6.07) is 0. The van der Waals surface area contributed by atoms with Gasteiger partial charge in [0.25, 0.3) is 0 Å². The lowest BCUT2D eigenvalue weighted by atomic mass is 9.84. The molecule has 1 aromatic heterocycles. The Morgan fingerprint density at radius 3 is 2.65 bits per heavy atom. The van der Waals surface area contributed by atoms with Crippen molar-refractivity contribution < 1.29 is 14.1 Å². The fourth-order valence-corrected chi connectivity index (χ4v) is 3.78. The van der Waals surface area contributed by atoms with Crippen LogP contribution in [0.2, 0.25) is 0 Å². The summed E-state index contributed by atoms with van der Waals surface area (Å²) in [5.41, 5.74) is -0.466. The summed E-state index contributed by atoms with van der Waals surface area (Å²) in [6.07, 6.45) is 12.2. The first-order valence-electron chi connectivity index (χ1n) is 10.4. The topological polar surface area (TPSA) is 65.2 Å². The van der Waals surface area contributed by atoms with Crippen LogP contribution in [0, 0.1) is 5.92 Å². The molecular formula is C21H36N2O3. The van der Waals surface area contributed by atoms with Crippen LogP contribution in [-0.2, 0) is 16.0 Å². The third kappa shape index (κ3) is 7.46. The van der Waals surface area contributed by atoms with Gasteiger partial charge in [-0.3, -0.25) is 4.79 Å². The van der Waals surface area contributed by atoms with Gasteiger partial charge < -0.3 is 9.26 Å². The number of esters is 1. The molecule has 5 heteroatoms. The van der Waals surface area contributed by atoms with Crippen molar-refractivity contribution >= 4 is 5.97 Å². The Hall–Kier alpha value is -1.39. The van der Waals surface area contributed by atoms with Gasteiger partial charge in [0.1, 0.15) is 5.60 Å². The van der Waals surface area contributed by atoms with Crippen LogP contribution in [0.5, 0.6) is 0 Å². The van der Waals surface area contributed by atoms with E-state index in [4.69, 9.17) is 9.26 Å². The van der Waals surface area contributed by atoms with Crippen LogP contribution in [0.15, 0.2) is 4.52 Å². The number of aromatic nitrogens is 2. The van der Waals surface area contributed by atoms with E-state index in [0.717, 1.165) is 37.4 Å². The number of carbonyl (C=O) groups is 1. The SMILES string of the molecule is CCCc1noc([C@H](CCCC2CCCCC2)CC(=O)OC(C)(C)C)n1. The lowest BCUT2D eigenvalue weighted by Crippen LogP contribution is -2.25. The second-order valence-electron chi connectivity index (χ2n) is 8.72. The molecule has 0 radical (unpaired) electrons. The van der Waals surface area contributed by atoms with E-state index in [1.165, 1.54) is 38.5 Å². The molecule has 1 heterocycles. The van der Waals surface area contributed by atoms with Crippen LogP contribution < -0.4 is 0 Å². The third-order valence-electron chi connectivity index (χ3n) is 5.03. The number of ether oxygens (including phenoxy) is 1. The maximum absolute atomic E-state index is 12.3. The number of hydrogen-bond acceptors (Lipinski definition) is 5. The fraction of sp³-hybridized carbons (Fsp3) is 0.857. The van der Waals surface area contributed by atoms with E-state index in [1.807, 2.05) is 20.8 Å². The van der Waals surface area contributed by atoms with Gasteiger partial charge in [-0.25, -0.2) is 0 Å². The van der Waals surface area contributed by atoms with Crippen molar-refractivity contribution in [2.45, 2.75) is 110 Å². The smallest absolute Gasteiger partial charge is 0.307 e. The first kappa shape index (κ1) is 20.9. The summed E-state index contributed by atoms with van der Waals surface area (Å²) in [5, 5.41) is 4.07. The zero-order valence-electron chi connectivity index (χ0n) is 17.1. The highest BCUT2D eigenvalue weighted by Crippen LogP contribution is 2.31. The molecule has 1 aromatic rings. The minimum atomic E-state index is -0.466. The zero-order chi connectivity index (χ0) is 19.0. The predicted octanol–water partition coefficient (Wildman–Crippen LogP) is 5.59. The Kier molecular flexibility index (Phi) is 8.11. The molecule has 0 aliphatic heterocycles. The predicted molar refractivity (Wildman–Crippen MR) is 102 cm³/mol. The fourth-order valence-electron chi connectivity index (χ4n) is 3.78. The van der Waals surface area contributed by atoms with Crippen LogP contribution in [0.1, 0.15) is 110 Å². The standard InChI is InChI=1S/C21H36N2O3/c1-5-10-18-22-20(26-23-18)17(15-19(24)25-21(2,3)4)14-9-13-16-11-7-6-8-12-16/h16-17H,5-15H2,1-4H3/t17-/m1/s1. The average molecular weight is 365 g/mol. The van der Waals surface area contributed by atoms with Crippen molar-refractivity contribution in [1.82, 2.24) is 10.1 Å². The van der Waals surface area contributed by atoms with Crippen LogP contribution in [-0.4, -0.2) is 21.7 Å². The summed E-state index contributed by atoms with van der Waals surface area (Å²) in [4.78, 5) is 16.9. The van der Waals surface area contributed by atoms with Gasteiger partial charge in [0.05, 0.1) is 6.42 Å². The van der Waals surface area contributed by atoms with Gasteiger partial charge in [0.2, 0.25) is 5.89 Å². The number of carbonyl (C=O) groups excluding carboxylic acids is 1. The molecule has 0 bridgehead atoms. The summed E-state index contributed by atoms with van der Waals surface area (Å²) < 4.78 is 11.0. The van der Waals surface area contributed by atoms with Crippen LogP contribution in [0.3, 0.4) is 0 Å². The minimum absolute atomic E-state index is 0.0356. The summed E-state index contributed by atoms with van der Waals surface area (Å²) in [6.45, 7) is 7.79. The number of nitrogens with zero attached hydrogens (tertiary/aromatic N) is 2. The molecule has 0 spiro atoms. The second-order valence-corrected chi connectivity index (χ2v) is 8.72. The van der Waals surface area contributed by atoms with E-state index in [-0.39, 0.29) is 11.9 Å². The van der Waals surface area contributed by atoms with Crippen LogP contribution >= 0.6 is 0 Å². The Morgan fingerprint density at radius 1 is 1.27 bits per heavy atom. The molecule has 2 rings (SSSR count). The molecular weight excluding hydrogens is 328 g/mol. The Bertz CT molecular complexity index is 542. The molecule has 1 aliphatic carbocycles. The monoisotopic (exact) mass is 364 g/mol. The highest BCUT2D eigenvalue weighted by Gasteiger charge is 2.26. The molecule has 1 fully saturated rings. The van der Waals surface area contributed by atoms with Crippen molar-refractivity contribution in [2.24, 2.45) is 5.92 Å². The van der Waals surface area contributed by atoms with Gasteiger partial charge in [-0.2, -0.15) is 4.98 Å².